The zero-order valence-corrected chi connectivity index (χ0v) is 19.5. The molecule has 0 aliphatic carbocycles. The maximum Gasteiger partial charge on any atom is 0.227 e. The molecule has 0 atom stereocenters. The lowest BCUT2D eigenvalue weighted by atomic mass is 10.1. The van der Waals surface area contributed by atoms with Gasteiger partial charge in [0.1, 0.15) is 0 Å². The Labute approximate surface area is 195 Å². The summed E-state index contributed by atoms with van der Waals surface area (Å²) in [6.45, 7) is 4.93. The minimum absolute atomic E-state index is 0.110. The fraction of sp³-hybridized carbons (Fsp3) is 0.346. The van der Waals surface area contributed by atoms with E-state index >= 15 is 0 Å². The molecule has 1 aliphatic rings. The van der Waals surface area contributed by atoms with E-state index in [1.54, 1.807) is 14.2 Å². The second kappa shape index (κ2) is 10.3. The van der Waals surface area contributed by atoms with Crippen LogP contribution in [0.2, 0.25) is 0 Å². The third-order valence-corrected chi connectivity index (χ3v) is 6.07. The van der Waals surface area contributed by atoms with Crippen LogP contribution in [0.15, 0.2) is 54.6 Å². The minimum atomic E-state index is 0.110. The van der Waals surface area contributed by atoms with Crippen LogP contribution in [-0.4, -0.2) is 61.4 Å². The number of ether oxygens (including phenoxy) is 2. The van der Waals surface area contributed by atoms with Gasteiger partial charge in [0.2, 0.25) is 5.91 Å². The SMILES string of the molecule is CCc1ccc(-c2ccc(N3CCN(C(=O)Cc4ccc(OC)c(OC)c4)CC3)nn2)cc1. The van der Waals surface area contributed by atoms with Gasteiger partial charge in [0, 0.05) is 31.7 Å². The Kier molecular flexibility index (Phi) is 7.07. The number of benzene rings is 2. The van der Waals surface area contributed by atoms with Gasteiger partial charge in [0.25, 0.3) is 0 Å². The summed E-state index contributed by atoms with van der Waals surface area (Å²) in [5, 5.41) is 8.87. The quantitative estimate of drug-likeness (QED) is 0.552. The van der Waals surface area contributed by atoms with Gasteiger partial charge in [-0.1, -0.05) is 37.3 Å². The molecule has 0 unspecified atom stereocenters. The van der Waals surface area contributed by atoms with Crippen molar-refractivity contribution in [2.75, 3.05) is 45.3 Å². The highest BCUT2D eigenvalue weighted by Gasteiger charge is 2.22. The first-order valence-corrected chi connectivity index (χ1v) is 11.3. The van der Waals surface area contributed by atoms with E-state index in [9.17, 15) is 4.79 Å². The second-order valence-corrected chi connectivity index (χ2v) is 8.06. The topological polar surface area (TPSA) is 67.8 Å². The Balaban J connectivity index is 1.33. The molecule has 0 spiro atoms. The largest absolute Gasteiger partial charge is 0.493 e. The van der Waals surface area contributed by atoms with Gasteiger partial charge in [-0.15, -0.1) is 10.2 Å². The number of carbonyl (C=O) groups is 1. The van der Waals surface area contributed by atoms with Crippen molar-refractivity contribution in [3.05, 3.63) is 65.7 Å². The maximum atomic E-state index is 12.8. The van der Waals surface area contributed by atoms with Gasteiger partial charge >= 0.3 is 0 Å². The lowest BCUT2D eigenvalue weighted by molar-refractivity contribution is -0.130. The molecule has 4 rings (SSSR count). The van der Waals surface area contributed by atoms with Crippen molar-refractivity contribution >= 4 is 11.7 Å². The van der Waals surface area contributed by atoms with E-state index in [2.05, 4.69) is 46.3 Å². The summed E-state index contributed by atoms with van der Waals surface area (Å²) in [5.74, 6) is 2.25. The summed E-state index contributed by atoms with van der Waals surface area (Å²) in [5.41, 5.74) is 4.15. The van der Waals surface area contributed by atoms with Crippen LogP contribution in [0.25, 0.3) is 11.3 Å². The van der Waals surface area contributed by atoms with Crippen LogP contribution in [0.3, 0.4) is 0 Å². The molecule has 33 heavy (non-hydrogen) atoms. The number of hydrogen-bond acceptors (Lipinski definition) is 6. The zero-order valence-electron chi connectivity index (χ0n) is 19.5. The highest BCUT2D eigenvalue weighted by atomic mass is 16.5. The monoisotopic (exact) mass is 446 g/mol. The van der Waals surface area contributed by atoms with Crippen molar-refractivity contribution in [2.45, 2.75) is 19.8 Å². The predicted octanol–water partition coefficient (Wildman–Crippen LogP) is 3.61. The molecular weight excluding hydrogens is 416 g/mol. The smallest absolute Gasteiger partial charge is 0.227 e. The van der Waals surface area contributed by atoms with E-state index in [1.807, 2.05) is 35.2 Å². The molecule has 2 aromatic carbocycles. The number of rotatable bonds is 7. The number of aryl methyl sites for hydroxylation is 1. The van der Waals surface area contributed by atoms with E-state index < -0.39 is 0 Å². The van der Waals surface area contributed by atoms with Gasteiger partial charge in [-0.05, 0) is 41.8 Å². The van der Waals surface area contributed by atoms with E-state index in [-0.39, 0.29) is 5.91 Å². The molecule has 7 heteroatoms. The number of aromatic nitrogens is 2. The fourth-order valence-electron chi connectivity index (χ4n) is 4.02. The number of nitrogens with zero attached hydrogens (tertiary/aromatic N) is 4. The van der Waals surface area contributed by atoms with Crippen molar-refractivity contribution in [1.82, 2.24) is 15.1 Å². The molecule has 1 aromatic heterocycles. The molecule has 2 heterocycles. The van der Waals surface area contributed by atoms with Crippen LogP contribution >= 0.6 is 0 Å². The summed E-state index contributed by atoms with van der Waals surface area (Å²) >= 11 is 0. The van der Waals surface area contributed by atoms with Crippen LogP contribution in [0.1, 0.15) is 18.1 Å². The minimum Gasteiger partial charge on any atom is -0.493 e. The first-order chi connectivity index (χ1) is 16.1. The Bertz CT molecular complexity index is 1080. The molecule has 0 bridgehead atoms. The Hall–Kier alpha value is -3.61. The third kappa shape index (κ3) is 5.25. The van der Waals surface area contributed by atoms with Gasteiger partial charge in [0.15, 0.2) is 17.3 Å². The maximum absolute atomic E-state index is 12.8. The average molecular weight is 447 g/mol. The number of methoxy groups -OCH3 is 2. The number of carbonyl (C=O) groups excluding carboxylic acids is 1. The highest BCUT2D eigenvalue weighted by Crippen LogP contribution is 2.28. The van der Waals surface area contributed by atoms with Gasteiger partial charge < -0.3 is 19.3 Å². The van der Waals surface area contributed by atoms with Crippen LogP contribution in [0, 0.1) is 0 Å². The van der Waals surface area contributed by atoms with E-state index in [0.29, 0.717) is 31.0 Å². The third-order valence-electron chi connectivity index (χ3n) is 6.07. The second-order valence-electron chi connectivity index (χ2n) is 8.06. The zero-order chi connectivity index (χ0) is 23.2. The number of amides is 1. The molecule has 0 radical (unpaired) electrons. The molecule has 172 valence electrons. The molecule has 1 fully saturated rings. The molecule has 1 amide bonds. The summed E-state index contributed by atoms with van der Waals surface area (Å²) in [4.78, 5) is 16.9. The standard InChI is InChI=1S/C26H30N4O3/c1-4-19-5-8-21(9-6-19)22-10-12-25(28-27-22)29-13-15-30(16-14-29)26(31)18-20-7-11-23(32-2)24(17-20)33-3/h5-12,17H,4,13-16,18H2,1-3H3. The molecular formula is C26H30N4O3. The van der Waals surface area contributed by atoms with Gasteiger partial charge in [0.05, 0.1) is 26.3 Å². The molecule has 7 nitrogen and oxygen atoms in total. The lowest BCUT2D eigenvalue weighted by Gasteiger charge is -2.35. The summed E-state index contributed by atoms with van der Waals surface area (Å²) in [7, 11) is 3.20. The predicted molar refractivity (Wildman–Crippen MR) is 129 cm³/mol. The average Bonchev–Trinajstić information content (AvgIpc) is 2.89. The fourth-order valence-corrected chi connectivity index (χ4v) is 4.02. The molecule has 3 aromatic rings. The highest BCUT2D eigenvalue weighted by molar-refractivity contribution is 5.79. The van der Waals surface area contributed by atoms with Gasteiger partial charge in [-0.25, -0.2) is 0 Å². The summed E-state index contributed by atoms with van der Waals surface area (Å²) in [6, 6.07) is 18.1. The molecule has 0 saturated carbocycles. The first kappa shape index (κ1) is 22.6. The van der Waals surface area contributed by atoms with Crippen LogP contribution in [0.4, 0.5) is 5.82 Å². The van der Waals surface area contributed by atoms with Crippen LogP contribution in [0.5, 0.6) is 11.5 Å². The molecule has 1 aliphatic heterocycles. The van der Waals surface area contributed by atoms with E-state index in [1.165, 1.54) is 5.56 Å². The Morgan fingerprint density at radius 3 is 2.15 bits per heavy atom. The number of piperazine rings is 1. The van der Waals surface area contributed by atoms with Crippen molar-refractivity contribution in [2.24, 2.45) is 0 Å². The van der Waals surface area contributed by atoms with E-state index in [0.717, 1.165) is 42.1 Å². The van der Waals surface area contributed by atoms with Crippen LogP contribution in [-0.2, 0) is 17.6 Å². The van der Waals surface area contributed by atoms with Gasteiger partial charge in [-0.2, -0.15) is 0 Å². The number of anilines is 1. The van der Waals surface area contributed by atoms with Crippen molar-refractivity contribution in [3.63, 3.8) is 0 Å². The Morgan fingerprint density at radius 1 is 0.848 bits per heavy atom. The molecule has 0 N–H and O–H groups in total. The van der Waals surface area contributed by atoms with Crippen molar-refractivity contribution in [1.29, 1.82) is 0 Å². The van der Waals surface area contributed by atoms with Gasteiger partial charge in [-0.3, -0.25) is 4.79 Å². The van der Waals surface area contributed by atoms with E-state index in [4.69, 9.17) is 9.47 Å². The normalized spacial score (nSPS) is 13.7. The van der Waals surface area contributed by atoms with Crippen molar-refractivity contribution in [3.8, 4) is 22.8 Å². The Morgan fingerprint density at radius 2 is 1.55 bits per heavy atom. The van der Waals surface area contributed by atoms with Crippen molar-refractivity contribution < 1.29 is 14.3 Å². The molecule has 1 saturated heterocycles. The number of hydrogen-bond donors (Lipinski definition) is 0. The lowest BCUT2D eigenvalue weighted by Crippen LogP contribution is -2.49. The summed E-state index contributed by atoms with van der Waals surface area (Å²) < 4.78 is 10.6. The first-order valence-electron chi connectivity index (χ1n) is 11.3. The summed E-state index contributed by atoms with van der Waals surface area (Å²) in [6.07, 6.45) is 1.36. The van der Waals surface area contributed by atoms with Crippen LogP contribution < -0.4 is 14.4 Å².